The highest BCUT2D eigenvalue weighted by Crippen LogP contribution is 2.26. The van der Waals surface area contributed by atoms with Gasteiger partial charge in [0.05, 0.1) is 11.8 Å². The molecule has 1 saturated heterocycles. The molecule has 0 unspecified atom stereocenters. The first kappa shape index (κ1) is 23.4. The summed E-state index contributed by atoms with van der Waals surface area (Å²) < 4.78 is 40.7. The summed E-state index contributed by atoms with van der Waals surface area (Å²) in [5.74, 6) is -0.701. The first-order valence-electron chi connectivity index (χ1n) is 10.8. The highest BCUT2D eigenvalue weighted by atomic mass is 32.2. The van der Waals surface area contributed by atoms with E-state index in [2.05, 4.69) is 19.2 Å². The molecular weight excluding hydrogens is 415 g/mol. The first-order chi connectivity index (χ1) is 14.8. The smallest absolute Gasteiger partial charge is 0.223 e. The molecule has 1 aliphatic rings. The number of carbonyl (C=O) groups is 1. The lowest BCUT2D eigenvalue weighted by atomic mass is 9.93. The maximum atomic E-state index is 13.9. The minimum absolute atomic E-state index is 0.0272. The molecular formula is C24H31FN2O3S. The van der Waals surface area contributed by atoms with Crippen LogP contribution in [0.2, 0.25) is 0 Å². The van der Waals surface area contributed by atoms with Crippen molar-refractivity contribution < 1.29 is 17.6 Å². The second-order valence-electron chi connectivity index (χ2n) is 8.62. The molecule has 2 aromatic rings. The summed E-state index contributed by atoms with van der Waals surface area (Å²) in [7, 11) is -3.63. The first-order valence-corrected chi connectivity index (χ1v) is 12.4. The zero-order valence-electron chi connectivity index (χ0n) is 18.1. The van der Waals surface area contributed by atoms with Gasteiger partial charge >= 0.3 is 0 Å². The number of halogens is 1. The van der Waals surface area contributed by atoms with Crippen molar-refractivity contribution in [2.75, 3.05) is 13.1 Å². The lowest BCUT2D eigenvalue weighted by Crippen LogP contribution is -2.44. The molecule has 0 saturated carbocycles. The van der Waals surface area contributed by atoms with Gasteiger partial charge in [0.1, 0.15) is 5.82 Å². The van der Waals surface area contributed by atoms with E-state index in [1.165, 1.54) is 22.5 Å². The van der Waals surface area contributed by atoms with Gasteiger partial charge in [0.15, 0.2) is 0 Å². The van der Waals surface area contributed by atoms with Crippen molar-refractivity contribution in [3.8, 4) is 0 Å². The van der Waals surface area contributed by atoms with Gasteiger partial charge in [0.2, 0.25) is 15.9 Å². The SMILES string of the molecule is CC(C)C[C@H](NC(=O)C1CCN(S(=O)(=O)Cc2ccccc2F)CC1)c1ccccc1. The molecule has 0 aliphatic carbocycles. The fourth-order valence-electron chi connectivity index (χ4n) is 4.02. The van der Waals surface area contributed by atoms with Crippen LogP contribution in [0.15, 0.2) is 54.6 Å². The molecule has 1 heterocycles. The van der Waals surface area contributed by atoms with Crippen LogP contribution in [0.1, 0.15) is 50.3 Å². The van der Waals surface area contributed by atoms with E-state index >= 15 is 0 Å². The average Bonchev–Trinajstić information content (AvgIpc) is 2.75. The van der Waals surface area contributed by atoms with Crippen LogP contribution in [0.5, 0.6) is 0 Å². The lowest BCUT2D eigenvalue weighted by molar-refractivity contribution is -0.127. The van der Waals surface area contributed by atoms with E-state index in [1.807, 2.05) is 30.3 Å². The van der Waals surface area contributed by atoms with E-state index in [1.54, 1.807) is 6.07 Å². The second kappa shape index (κ2) is 10.4. The quantitative estimate of drug-likeness (QED) is 0.659. The zero-order valence-corrected chi connectivity index (χ0v) is 18.9. The number of amides is 1. The highest BCUT2D eigenvalue weighted by Gasteiger charge is 2.32. The monoisotopic (exact) mass is 446 g/mol. The van der Waals surface area contributed by atoms with Gasteiger partial charge in [-0.1, -0.05) is 62.4 Å². The molecule has 1 amide bonds. The number of carbonyl (C=O) groups excluding carboxylic acids is 1. The molecule has 0 bridgehead atoms. The van der Waals surface area contributed by atoms with Crippen molar-refractivity contribution in [2.45, 2.75) is 44.9 Å². The molecule has 1 fully saturated rings. The van der Waals surface area contributed by atoms with Crippen LogP contribution in [-0.4, -0.2) is 31.7 Å². The largest absolute Gasteiger partial charge is 0.349 e. The molecule has 2 aromatic carbocycles. The van der Waals surface area contributed by atoms with Gasteiger partial charge in [0.25, 0.3) is 0 Å². The summed E-state index contributed by atoms with van der Waals surface area (Å²) in [6, 6.07) is 15.8. The number of piperidine rings is 1. The Labute approximate surface area is 184 Å². The predicted molar refractivity (Wildman–Crippen MR) is 120 cm³/mol. The Morgan fingerprint density at radius 3 is 2.29 bits per heavy atom. The number of rotatable bonds is 8. The summed E-state index contributed by atoms with van der Waals surface area (Å²) in [5, 5.41) is 3.18. The third-order valence-corrected chi connectivity index (χ3v) is 7.57. The Balaban J connectivity index is 1.59. The number of benzene rings is 2. The summed E-state index contributed by atoms with van der Waals surface area (Å²) in [5.41, 5.74) is 1.25. The maximum absolute atomic E-state index is 13.9. The van der Waals surface area contributed by atoms with Gasteiger partial charge in [-0.05, 0) is 36.8 Å². The van der Waals surface area contributed by atoms with Crippen molar-refractivity contribution in [1.29, 1.82) is 0 Å². The van der Waals surface area contributed by atoms with Gasteiger partial charge in [-0.25, -0.2) is 17.1 Å². The third kappa shape index (κ3) is 6.37. The fraction of sp³-hybridized carbons (Fsp3) is 0.458. The van der Waals surface area contributed by atoms with Gasteiger partial charge in [-0.2, -0.15) is 0 Å². The van der Waals surface area contributed by atoms with Crippen molar-refractivity contribution in [3.63, 3.8) is 0 Å². The van der Waals surface area contributed by atoms with E-state index in [-0.39, 0.29) is 42.3 Å². The van der Waals surface area contributed by atoms with Crippen LogP contribution in [0.3, 0.4) is 0 Å². The number of hydrogen-bond acceptors (Lipinski definition) is 3. The van der Waals surface area contributed by atoms with E-state index in [0.29, 0.717) is 18.8 Å². The normalized spacial score (nSPS) is 16.9. The standard InChI is InChI=1S/C24H31FN2O3S/c1-18(2)16-23(19-8-4-3-5-9-19)26-24(28)20-12-14-27(15-13-20)31(29,30)17-21-10-6-7-11-22(21)25/h3-11,18,20,23H,12-17H2,1-2H3,(H,26,28)/t23-/m0/s1. The van der Waals surface area contributed by atoms with Crippen LogP contribution < -0.4 is 5.32 Å². The Morgan fingerprint density at radius 2 is 1.68 bits per heavy atom. The summed E-state index contributed by atoms with van der Waals surface area (Å²) in [6.07, 6.45) is 1.77. The summed E-state index contributed by atoms with van der Waals surface area (Å²) in [4.78, 5) is 12.9. The molecule has 1 atom stereocenters. The van der Waals surface area contributed by atoms with Crippen molar-refractivity contribution in [1.82, 2.24) is 9.62 Å². The van der Waals surface area contributed by atoms with E-state index in [9.17, 15) is 17.6 Å². The third-order valence-electron chi connectivity index (χ3n) is 5.74. The molecule has 0 aromatic heterocycles. The molecule has 7 heteroatoms. The van der Waals surface area contributed by atoms with Crippen LogP contribution >= 0.6 is 0 Å². The Bertz CT molecular complexity index is 971. The van der Waals surface area contributed by atoms with E-state index < -0.39 is 15.8 Å². The van der Waals surface area contributed by atoms with Crippen LogP contribution in [0.25, 0.3) is 0 Å². The average molecular weight is 447 g/mol. The molecule has 1 N–H and O–H groups in total. The second-order valence-corrected chi connectivity index (χ2v) is 10.6. The van der Waals surface area contributed by atoms with Crippen LogP contribution in [-0.2, 0) is 20.6 Å². The number of sulfonamides is 1. The highest BCUT2D eigenvalue weighted by molar-refractivity contribution is 7.88. The summed E-state index contributed by atoms with van der Waals surface area (Å²) >= 11 is 0. The van der Waals surface area contributed by atoms with Gasteiger partial charge in [0, 0.05) is 24.6 Å². The molecule has 31 heavy (non-hydrogen) atoms. The molecule has 0 radical (unpaired) electrons. The van der Waals surface area contributed by atoms with Crippen molar-refractivity contribution >= 4 is 15.9 Å². The minimum atomic E-state index is -3.63. The molecule has 3 rings (SSSR count). The maximum Gasteiger partial charge on any atom is 0.223 e. The molecule has 5 nitrogen and oxygen atoms in total. The predicted octanol–water partition coefficient (Wildman–Crippen LogP) is 4.27. The summed E-state index contributed by atoms with van der Waals surface area (Å²) in [6.45, 7) is 4.80. The van der Waals surface area contributed by atoms with Crippen molar-refractivity contribution in [3.05, 3.63) is 71.5 Å². The Hall–Kier alpha value is -2.25. The number of nitrogens with zero attached hydrogens (tertiary/aromatic N) is 1. The van der Waals surface area contributed by atoms with Gasteiger partial charge < -0.3 is 5.32 Å². The van der Waals surface area contributed by atoms with Gasteiger partial charge in [-0.15, -0.1) is 0 Å². The topological polar surface area (TPSA) is 66.5 Å². The van der Waals surface area contributed by atoms with Crippen molar-refractivity contribution in [2.24, 2.45) is 11.8 Å². The molecule has 1 aliphatic heterocycles. The fourth-order valence-corrected chi connectivity index (χ4v) is 5.60. The molecule has 168 valence electrons. The van der Waals surface area contributed by atoms with Crippen LogP contribution in [0.4, 0.5) is 4.39 Å². The number of hydrogen-bond donors (Lipinski definition) is 1. The van der Waals surface area contributed by atoms with Gasteiger partial charge in [-0.3, -0.25) is 4.79 Å². The molecule has 0 spiro atoms. The Kier molecular flexibility index (Phi) is 7.84. The number of nitrogens with one attached hydrogen (secondary N) is 1. The lowest BCUT2D eigenvalue weighted by Gasteiger charge is -2.32. The van der Waals surface area contributed by atoms with E-state index in [4.69, 9.17) is 0 Å². The van der Waals surface area contributed by atoms with Crippen LogP contribution in [0, 0.1) is 17.7 Å². The minimum Gasteiger partial charge on any atom is -0.349 e. The zero-order chi connectivity index (χ0) is 22.4. The Morgan fingerprint density at radius 1 is 1.06 bits per heavy atom. The van der Waals surface area contributed by atoms with E-state index in [0.717, 1.165) is 12.0 Å².